The van der Waals surface area contributed by atoms with Crippen molar-refractivity contribution < 1.29 is 14.0 Å². The van der Waals surface area contributed by atoms with Crippen molar-refractivity contribution in [1.82, 2.24) is 14.8 Å². The van der Waals surface area contributed by atoms with Gasteiger partial charge in [0, 0.05) is 36.9 Å². The highest BCUT2D eigenvalue weighted by Gasteiger charge is 2.68. The van der Waals surface area contributed by atoms with Crippen LogP contribution in [0, 0.1) is 28.1 Å². The number of likely N-dealkylation sites (tertiary alicyclic amines) is 1. The van der Waals surface area contributed by atoms with Gasteiger partial charge in [0.2, 0.25) is 5.91 Å². The van der Waals surface area contributed by atoms with Crippen LogP contribution in [0.4, 0.5) is 0 Å². The second-order valence-corrected chi connectivity index (χ2v) is 11.2. The zero-order chi connectivity index (χ0) is 23.8. The third-order valence-corrected chi connectivity index (χ3v) is 8.88. The zero-order valence-corrected chi connectivity index (χ0v) is 20.7. The molecule has 0 N–H and O–H groups in total. The van der Waals surface area contributed by atoms with Crippen molar-refractivity contribution in [3.63, 3.8) is 0 Å². The second kappa shape index (κ2) is 8.94. The van der Waals surface area contributed by atoms with Crippen LogP contribution in [0.2, 0.25) is 0 Å². The predicted molar refractivity (Wildman–Crippen MR) is 125 cm³/mol. The van der Waals surface area contributed by atoms with E-state index in [-0.39, 0.29) is 40.9 Å². The van der Waals surface area contributed by atoms with Crippen molar-refractivity contribution in [1.29, 1.82) is 5.26 Å². The van der Waals surface area contributed by atoms with E-state index in [1.165, 1.54) is 11.3 Å². The molecule has 1 aliphatic carbocycles. The molecule has 2 amide bonds. The molecular formula is C25H32N4O3S. The standard InChI is InChI=1S/C25H32N4O3S/c1-24(2)20(25(24,3)4)23(31)28-12-8-17(9-13-28)21-27-19(16-33-21)22(30)29(11-6-10-26)15-18-7-5-14-32-18/h5,7,14,16-17,20H,6,8-9,11-13,15H2,1-4H3. The number of furan rings is 1. The fourth-order valence-electron chi connectivity index (χ4n) is 5.11. The molecule has 8 heteroatoms. The molecule has 0 radical (unpaired) electrons. The summed E-state index contributed by atoms with van der Waals surface area (Å²) in [7, 11) is 0. The van der Waals surface area contributed by atoms with Crippen LogP contribution in [0.1, 0.15) is 74.1 Å². The van der Waals surface area contributed by atoms with Crippen molar-refractivity contribution in [3.05, 3.63) is 40.2 Å². The van der Waals surface area contributed by atoms with E-state index in [4.69, 9.17) is 9.68 Å². The van der Waals surface area contributed by atoms with Gasteiger partial charge in [-0.25, -0.2) is 4.98 Å². The summed E-state index contributed by atoms with van der Waals surface area (Å²) in [5.74, 6) is 1.13. The van der Waals surface area contributed by atoms with Gasteiger partial charge in [-0.15, -0.1) is 11.3 Å². The van der Waals surface area contributed by atoms with Crippen LogP contribution in [-0.2, 0) is 11.3 Å². The lowest BCUT2D eigenvalue weighted by atomic mass is 9.96. The van der Waals surface area contributed by atoms with E-state index in [0.717, 1.165) is 30.9 Å². The number of carbonyl (C=O) groups is 2. The number of nitrogens with zero attached hydrogens (tertiary/aromatic N) is 4. The van der Waals surface area contributed by atoms with E-state index in [2.05, 4.69) is 38.7 Å². The van der Waals surface area contributed by atoms with Crippen molar-refractivity contribution in [3.8, 4) is 6.07 Å². The van der Waals surface area contributed by atoms with E-state index >= 15 is 0 Å². The van der Waals surface area contributed by atoms with Gasteiger partial charge in [-0.1, -0.05) is 27.7 Å². The van der Waals surface area contributed by atoms with Crippen LogP contribution in [0.15, 0.2) is 28.2 Å². The Bertz CT molecular complexity index is 1030. The van der Waals surface area contributed by atoms with Crippen LogP contribution < -0.4 is 0 Å². The lowest BCUT2D eigenvalue weighted by molar-refractivity contribution is -0.134. The van der Waals surface area contributed by atoms with Gasteiger partial charge in [-0.3, -0.25) is 9.59 Å². The molecule has 2 aliphatic rings. The first-order valence-electron chi connectivity index (χ1n) is 11.6. The molecule has 33 heavy (non-hydrogen) atoms. The minimum Gasteiger partial charge on any atom is -0.467 e. The summed E-state index contributed by atoms with van der Waals surface area (Å²) in [6.45, 7) is 10.9. The molecule has 4 rings (SSSR count). The van der Waals surface area contributed by atoms with Gasteiger partial charge < -0.3 is 14.2 Å². The fourth-order valence-corrected chi connectivity index (χ4v) is 6.07. The lowest BCUT2D eigenvalue weighted by Gasteiger charge is -2.32. The Labute approximate surface area is 199 Å². The third kappa shape index (κ3) is 4.43. The normalized spacial score (nSPS) is 19.8. The van der Waals surface area contributed by atoms with Crippen LogP contribution in [0.5, 0.6) is 0 Å². The number of aromatic nitrogens is 1. The molecule has 1 saturated heterocycles. The Hall–Kier alpha value is -2.66. The molecule has 2 fully saturated rings. The Morgan fingerprint density at radius 3 is 2.55 bits per heavy atom. The average Bonchev–Trinajstić information content (AvgIpc) is 3.33. The number of piperidine rings is 1. The molecule has 0 unspecified atom stereocenters. The Kier molecular flexibility index (Phi) is 6.37. The first-order valence-corrected chi connectivity index (χ1v) is 12.5. The molecule has 0 spiro atoms. The van der Waals surface area contributed by atoms with Crippen molar-refractivity contribution in [2.75, 3.05) is 19.6 Å². The highest BCUT2D eigenvalue weighted by Crippen LogP contribution is 2.68. The van der Waals surface area contributed by atoms with Crippen LogP contribution >= 0.6 is 11.3 Å². The Morgan fingerprint density at radius 2 is 1.97 bits per heavy atom. The molecule has 1 saturated carbocycles. The number of nitriles is 1. The summed E-state index contributed by atoms with van der Waals surface area (Å²) in [5.41, 5.74) is 0.524. The zero-order valence-electron chi connectivity index (χ0n) is 19.8. The van der Waals surface area contributed by atoms with E-state index in [0.29, 0.717) is 24.5 Å². The van der Waals surface area contributed by atoms with Gasteiger partial charge in [-0.2, -0.15) is 5.26 Å². The average molecular weight is 469 g/mol. The van der Waals surface area contributed by atoms with Crippen LogP contribution in [-0.4, -0.2) is 46.2 Å². The maximum absolute atomic E-state index is 13.1. The summed E-state index contributed by atoms with van der Waals surface area (Å²) in [5, 5.41) is 11.7. The van der Waals surface area contributed by atoms with E-state index in [9.17, 15) is 9.59 Å². The minimum absolute atomic E-state index is 0.0541. The smallest absolute Gasteiger partial charge is 0.273 e. The van der Waals surface area contributed by atoms with Gasteiger partial charge in [0.1, 0.15) is 11.5 Å². The summed E-state index contributed by atoms with van der Waals surface area (Å²) in [6, 6.07) is 5.70. The van der Waals surface area contributed by atoms with E-state index in [1.54, 1.807) is 17.2 Å². The SMILES string of the molecule is CC1(C)C(C(=O)N2CCC(c3nc(C(=O)N(CCC#N)Cc4ccco4)cs3)CC2)C1(C)C. The van der Waals surface area contributed by atoms with E-state index in [1.807, 2.05) is 16.3 Å². The summed E-state index contributed by atoms with van der Waals surface area (Å²) in [4.78, 5) is 34.4. The number of amides is 2. The van der Waals surface area contributed by atoms with Gasteiger partial charge in [0.15, 0.2) is 0 Å². The van der Waals surface area contributed by atoms with Crippen molar-refractivity contribution >= 4 is 23.2 Å². The predicted octanol–water partition coefficient (Wildman–Crippen LogP) is 4.68. The Morgan fingerprint density at radius 1 is 1.27 bits per heavy atom. The summed E-state index contributed by atoms with van der Waals surface area (Å²) < 4.78 is 5.38. The number of hydrogen-bond donors (Lipinski definition) is 0. The Balaban J connectivity index is 1.37. The van der Waals surface area contributed by atoms with Crippen LogP contribution in [0.3, 0.4) is 0 Å². The molecule has 0 bridgehead atoms. The first-order chi connectivity index (χ1) is 15.7. The van der Waals surface area contributed by atoms with E-state index < -0.39 is 0 Å². The number of rotatable bonds is 7. The monoisotopic (exact) mass is 468 g/mol. The maximum Gasteiger partial charge on any atom is 0.273 e. The quantitative estimate of drug-likeness (QED) is 0.588. The molecule has 1 aliphatic heterocycles. The molecule has 3 heterocycles. The molecular weight excluding hydrogens is 436 g/mol. The number of thiazole rings is 1. The topological polar surface area (TPSA) is 90.4 Å². The van der Waals surface area contributed by atoms with Crippen molar-refractivity contribution in [2.24, 2.45) is 16.7 Å². The number of carbonyl (C=O) groups excluding carboxylic acids is 2. The molecule has 176 valence electrons. The maximum atomic E-state index is 13.1. The fraction of sp³-hybridized carbons (Fsp3) is 0.600. The van der Waals surface area contributed by atoms with Gasteiger partial charge in [-0.05, 0) is 35.8 Å². The molecule has 2 aromatic rings. The van der Waals surface area contributed by atoms with Gasteiger partial charge >= 0.3 is 0 Å². The molecule has 0 atom stereocenters. The lowest BCUT2D eigenvalue weighted by Crippen LogP contribution is -2.40. The molecule has 7 nitrogen and oxygen atoms in total. The molecule has 2 aromatic heterocycles. The summed E-state index contributed by atoms with van der Waals surface area (Å²) >= 11 is 1.51. The third-order valence-electron chi connectivity index (χ3n) is 7.87. The van der Waals surface area contributed by atoms with Gasteiger partial charge in [0.25, 0.3) is 5.91 Å². The highest BCUT2D eigenvalue weighted by atomic mass is 32.1. The van der Waals surface area contributed by atoms with Crippen LogP contribution in [0.25, 0.3) is 0 Å². The van der Waals surface area contributed by atoms with Crippen molar-refractivity contribution in [2.45, 2.75) is 59.4 Å². The first kappa shape index (κ1) is 23.5. The summed E-state index contributed by atoms with van der Waals surface area (Å²) in [6.07, 6.45) is 3.56. The molecule has 0 aromatic carbocycles. The largest absolute Gasteiger partial charge is 0.467 e. The minimum atomic E-state index is -0.185. The number of hydrogen-bond acceptors (Lipinski definition) is 6. The second-order valence-electron chi connectivity index (χ2n) is 10.3. The highest BCUT2D eigenvalue weighted by molar-refractivity contribution is 7.09. The van der Waals surface area contributed by atoms with Gasteiger partial charge in [0.05, 0.1) is 30.3 Å².